The van der Waals surface area contributed by atoms with Crippen molar-refractivity contribution in [1.29, 1.82) is 0 Å². The average molecular weight is 357 g/mol. The van der Waals surface area contributed by atoms with Gasteiger partial charge in [-0.05, 0) is 23.8 Å². The molecular weight excluding hydrogens is 338 g/mol. The lowest BCUT2D eigenvalue weighted by Crippen LogP contribution is -2.42. The summed E-state index contributed by atoms with van der Waals surface area (Å²) < 4.78 is 0. The molecule has 0 spiro atoms. The Morgan fingerprint density at radius 3 is 2.48 bits per heavy atom. The zero-order valence-electron chi connectivity index (χ0n) is 14.7. The Hall–Kier alpha value is -3.60. The SMILES string of the molecule is O=C(CN1CC(=O)Nc2ccccc21)Nc1ccccc1-c1ccccc1. The monoisotopic (exact) mass is 357 g/mol. The molecule has 134 valence electrons. The number of hydrogen-bond acceptors (Lipinski definition) is 3. The first-order valence-electron chi connectivity index (χ1n) is 8.79. The molecule has 0 saturated carbocycles. The molecule has 1 heterocycles. The summed E-state index contributed by atoms with van der Waals surface area (Å²) in [6.07, 6.45) is 0. The number of carbonyl (C=O) groups excluding carboxylic acids is 2. The Labute approximate surface area is 157 Å². The second kappa shape index (κ2) is 7.33. The molecule has 2 amide bonds. The molecule has 0 radical (unpaired) electrons. The van der Waals surface area contributed by atoms with Crippen LogP contribution in [-0.2, 0) is 9.59 Å². The fraction of sp³-hybridized carbons (Fsp3) is 0.0909. The minimum Gasteiger partial charge on any atom is -0.351 e. The minimum absolute atomic E-state index is 0.105. The van der Waals surface area contributed by atoms with Crippen molar-refractivity contribution in [2.45, 2.75) is 0 Å². The molecule has 3 aromatic carbocycles. The molecule has 0 atom stereocenters. The number of fused-ring (bicyclic) bond motifs is 1. The van der Waals surface area contributed by atoms with Crippen LogP contribution in [0.1, 0.15) is 0 Å². The number of para-hydroxylation sites is 3. The van der Waals surface area contributed by atoms with Gasteiger partial charge in [-0.1, -0.05) is 60.7 Å². The molecule has 2 N–H and O–H groups in total. The fourth-order valence-electron chi connectivity index (χ4n) is 3.27. The first-order valence-corrected chi connectivity index (χ1v) is 8.79. The molecule has 3 aromatic rings. The number of hydrogen-bond donors (Lipinski definition) is 2. The highest BCUT2D eigenvalue weighted by Gasteiger charge is 2.23. The summed E-state index contributed by atoms with van der Waals surface area (Å²) in [5, 5.41) is 5.82. The number of nitrogens with zero attached hydrogens (tertiary/aromatic N) is 1. The number of rotatable bonds is 4. The van der Waals surface area contributed by atoms with Crippen LogP contribution in [0, 0.1) is 0 Å². The van der Waals surface area contributed by atoms with Gasteiger partial charge in [0.15, 0.2) is 0 Å². The zero-order valence-corrected chi connectivity index (χ0v) is 14.7. The fourth-order valence-corrected chi connectivity index (χ4v) is 3.27. The highest BCUT2D eigenvalue weighted by atomic mass is 16.2. The number of amides is 2. The van der Waals surface area contributed by atoms with Crippen molar-refractivity contribution in [3.8, 4) is 11.1 Å². The number of benzene rings is 3. The van der Waals surface area contributed by atoms with Crippen LogP contribution >= 0.6 is 0 Å². The van der Waals surface area contributed by atoms with E-state index in [9.17, 15) is 9.59 Å². The van der Waals surface area contributed by atoms with E-state index in [-0.39, 0.29) is 24.9 Å². The number of nitrogens with one attached hydrogen (secondary N) is 2. The molecule has 5 heteroatoms. The van der Waals surface area contributed by atoms with Gasteiger partial charge in [0.25, 0.3) is 0 Å². The molecule has 0 saturated heterocycles. The van der Waals surface area contributed by atoms with Crippen LogP contribution in [0.5, 0.6) is 0 Å². The van der Waals surface area contributed by atoms with Crippen LogP contribution in [-0.4, -0.2) is 24.9 Å². The Kier molecular flexibility index (Phi) is 4.58. The second-order valence-electron chi connectivity index (χ2n) is 6.38. The lowest BCUT2D eigenvalue weighted by Gasteiger charge is -2.30. The van der Waals surface area contributed by atoms with E-state index in [4.69, 9.17) is 0 Å². The van der Waals surface area contributed by atoms with Gasteiger partial charge < -0.3 is 15.5 Å². The van der Waals surface area contributed by atoms with Crippen LogP contribution in [0.2, 0.25) is 0 Å². The van der Waals surface area contributed by atoms with E-state index < -0.39 is 0 Å². The molecule has 0 aromatic heterocycles. The van der Waals surface area contributed by atoms with Crippen molar-refractivity contribution >= 4 is 28.9 Å². The summed E-state index contributed by atoms with van der Waals surface area (Å²) in [6.45, 7) is 0.262. The topological polar surface area (TPSA) is 61.4 Å². The summed E-state index contributed by atoms with van der Waals surface area (Å²) in [5.74, 6) is -0.283. The maximum atomic E-state index is 12.7. The van der Waals surface area contributed by atoms with Crippen LogP contribution in [0.15, 0.2) is 78.9 Å². The van der Waals surface area contributed by atoms with Crippen molar-refractivity contribution < 1.29 is 9.59 Å². The highest BCUT2D eigenvalue weighted by Crippen LogP contribution is 2.30. The molecule has 0 fully saturated rings. The van der Waals surface area contributed by atoms with Crippen LogP contribution < -0.4 is 15.5 Å². The van der Waals surface area contributed by atoms with Gasteiger partial charge in [0, 0.05) is 11.3 Å². The third kappa shape index (κ3) is 3.67. The van der Waals surface area contributed by atoms with E-state index in [1.54, 1.807) is 4.90 Å². The Morgan fingerprint density at radius 2 is 1.63 bits per heavy atom. The van der Waals surface area contributed by atoms with E-state index in [0.717, 1.165) is 28.2 Å². The van der Waals surface area contributed by atoms with Crippen molar-refractivity contribution in [2.24, 2.45) is 0 Å². The second-order valence-corrected chi connectivity index (χ2v) is 6.38. The zero-order chi connectivity index (χ0) is 18.6. The molecule has 1 aliphatic heterocycles. The van der Waals surface area contributed by atoms with Gasteiger partial charge in [0.2, 0.25) is 11.8 Å². The van der Waals surface area contributed by atoms with Crippen molar-refractivity contribution in [3.05, 3.63) is 78.9 Å². The lowest BCUT2D eigenvalue weighted by atomic mass is 10.0. The Bertz CT molecular complexity index is 986. The lowest BCUT2D eigenvalue weighted by molar-refractivity contribution is -0.115. The Balaban J connectivity index is 1.54. The van der Waals surface area contributed by atoms with E-state index in [1.807, 2.05) is 78.9 Å². The van der Waals surface area contributed by atoms with Crippen LogP contribution in [0.4, 0.5) is 17.1 Å². The molecule has 1 aliphatic rings. The van der Waals surface area contributed by atoms with Crippen LogP contribution in [0.3, 0.4) is 0 Å². The highest BCUT2D eigenvalue weighted by molar-refractivity contribution is 6.04. The molecule has 0 bridgehead atoms. The first kappa shape index (κ1) is 16.8. The average Bonchev–Trinajstić information content (AvgIpc) is 2.69. The maximum absolute atomic E-state index is 12.7. The smallest absolute Gasteiger partial charge is 0.243 e. The maximum Gasteiger partial charge on any atom is 0.243 e. The van der Waals surface area contributed by atoms with Gasteiger partial charge in [-0.2, -0.15) is 0 Å². The molecule has 4 rings (SSSR count). The number of anilines is 3. The standard InChI is InChI=1S/C22H19N3O2/c26-21(14-25-15-22(27)24-19-12-6-7-13-20(19)25)23-18-11-5-4-10-17(18)16-8-2-1-3-9-16/h1-13H,14-15H2,(H,23,26)(H,24,27). The summed E-state index contributed by atoms with van der Waals surface area (Å²) in [7, 11) is 0. The van der Waals surface area contributed by atoms with Crippen molar-refractivity contribution in [3.63, 3.8) is 0 Å². The quantitative estimate of drug-likeness (QED) is 0.748. The van der Waals surface area contributed by atoms with Crippen molar-refractivity contribution in [2.75, 3.05) is 28.6 Å². The normalized spacial score (nSPS) is 12.9. The third-order valence-electron chi connectivity index (χ3n) is 4.47. The summed E-state index contributed by atoms with van der Waals surface area (Å²) in [6, 6.07) is 25.1. The minimum atomic E-state index is -0.164. The number of carbonyl (C=O) groups is 2. The van der Waals surface area contributed by atoms with E-state index in [2.05, 4.69) is 10.6 Å². The molecule has 27 heavy (non-hydrogen) atoms. The van der Waals surface area contributed by atoms with E-state index in [1.165, 1.54) is 0 Å². The molecule has 0 aliphatic carbocycles. The Morgan fingerprint density at radius 1 is 0.926 bits per heavy atom. The largest absolute Gasteiger partial charge is 0.351 e. The van der Waals surface area contributed by atoms with Crippen LogP contribution in [0.25, 0.3) is 11.1 Å². The predicted octanol–water partition coefficient (Wildman–Crippen LogP) is 3.75. The van der Waals surface area contributed by atoms with Crippen molar-refractivity contribution in [1.82, 2.24) is 0 Å². The summed E-state index contributed by atoms with van der Waals surface area (Å²) in [5.41, 5.74) is 4.33. The van der Waals surface area contributed by atoms with Gasteiger partial charge in [0.05, 0.1) is 24.5 Å². The molecule has 5 nitrogen and oxygen atoms in total. The molecule has 0 unspecified atom stereocenters. The van der Waals surface area contributed by atoms with Gasteiger partial charge >= 0.3 is 0 Å². The summed E-state index contributed by atoms with van der Waals surface area (Å²) in [4.78, 5) is 26.4. The molecular formula is C22H19N3O2. The predicted molar refractivity (Wildman–Crippen MR) is 108 cm³/mol. The first-order chi connectivity index (χ1) is 13.2. The van der Waals surface area contributed by atoms with Gasteiger partial charge in [-0.3, -0.25) is 9.59 Å². The van der Waals surface area contributed by atoms with Gasteiger partial charge in [0.1, 0.15) is 0 Å². The van der Waals surface area contributed by atoms with E-state index >= 15 is 0 Å². The third-order valence-corrected chi connectivity index (χ3v) is 4.47. The summed E-state index contributed by atoms with van der Waals surface area (Å²) >= 11 is 0. The van der Waals surface area contributed by atoms with Gasteiger partial charge in [-0.25, -0.2) is 0 Å². The van der Waals surface area contributed by atoms with E-state index in [0.29, 0.717) is 0 Å². The van der Waals surface area contributed by atoms with Gasteiger partial charge in [-0.15, -0.1) is 0 Å².